The number of cyclic esters (lactones) is 1. The summed E-state index contributed by atoms with van der Waals surface area (Å²) < 4.78 is 24.0. The molecular formula is C43H48O6. The summed E-state index contributed by atoms with van der Waals surface area (Å²) in [7, 11) is 0. The molecule has 0 radical (unpaired) electrons. The Balaban J connectivity index is 1.22. The van der Waals surface area contributed by atoms with Gasteiger partial charge in [0.05, 0.1) is 19.1 Å². The summed E-state index contributed by atoms with van der Waals surface area (Å²) in [6.07, 6.45) is 8.06. The third-order valence-electron chi connectivity index (χ3n) is 9.01. The first-order chi connectivity index (χ1) is 23.8. The molecule has 0 unspecified atom stereocenters. The second-order valence-electron chi connectivity index (χ2n) is 13.4. The Morgan fingerprint density at radius 1 is 0.939 bits per heavy atom. The lowest BCUT2D eigenvalue weighted by Gasteiger charge is -2.27. The summed E-state index contributed by atoms with van der Waals surface area (Å²) in [5.41, 5.74) is 4.36. The fraction of sp³-hybridized carbons (Fsp3) is 0.395. The van der Waals surface area contributed by atoms with Gasteiger partial charge in [-0.2, -0.15) is 0 Å². The number of allylic oxidation sites excluding steroid dienone is 1. The van der Waals surface area contributed by atoms with Crippen molar-refractivity contribution >= 4 is 22.9 Å². The van der Waals surface area contributed by atoms with Crippen LogP contribution in [0.25, 0.3) is 11.0 Å². The molecule has 1 saturated heterocycles. The van der Waals surface area contributed by atoms with Gasteiger partial charge in [0.2, 0.25) is 0 Å². The zero-order valence-electron chi connectivity index (χ0n) is 29.3. The number of rotatable bonds is 15. The summed E-state index contributed by atoms with van der Waals surface area (Å²) >= 11 is 0. The Morgan fingerprint density at radius 3 is 2.39 bits per heavy atom. The van der Waals surface area contributed by atoms with Crippen LogP contribution in [0.2, 0.25) is 0 Å². The van der Waals surface area contributed by atoms with Gasteiger partial charge in [-0.3, -0.25) is 4.79 Å². The summed E-state index contributed by atoms with van der Waals surface area (Å²) in [5, 5.41) is 0.929. The van der Waals surface area contributed by atoms with Gasteiger partial charge < -0.3 is 18.6 Å². The van der Waals surface area contributed by atoms with E-state index in [0.29, 0.717) is 36.7 Å². The van der Waals surface area contributed by atoms with Gasteiger partial charge in [-0.1, -0.05) is 112 Å². The molecular weight excluding hydrogens is 612 g/mol. The first-order valence-corrected chi connectivity index (χ1v) is 17.6. The smallest absolute Gasteiger partial charge is 0.334 e. The number of hydrogen-bond donors (Lipinski definition) is 0. The van der Waals surface area contributed by atoms with Crippen LogP contribution >= 0.6 is 0 Å². The van der Waals surface area contributed by atoms with Crippen LogP contribution in [0, 0.1) is 30.6 Å². The fourth-order valence-corrected chi connectivity index (χ4v) is 6.30. The highest BCUT2D eigenvalue weighted by Gasteiger charge is 2.45. The molecule has 0 aliphatic carbocycles. The van der Waals surface area contributed by atoms with Crippen molar-refractivity contribution in [1.82, 2.24) is 0 Å². The minimum Gasteiger partial charge on any atom is -0.461 e. The lowest BCUT2D eigenvalue weighted by molar-refractivity contribution is -0.171. The maximum atomic E-state index is 13.3. The Hall–Kier alpha value is -4.60. The maximum Gasteiger partial charge on any atom is 0.334 e. The van der Waals surface area contributed by atoms with Gasteiger partial charge in [0, 0.05) is 34.9 Å². The van der Waals surface area contributed by atoms with Crippen LogP contribution in [-0.4, -0.2) is 30.8 Å². The molecule has 0 bridgehead atoms. The predicted molar refractivity (Wildman–Crippen MR) is 193 cm³/mol. The van der Waals surface area contributed by atoms with Crippen LogP contribution < -0.4 is 0 Å². The van der Waals surface area contributed by atoms with E-state index in [9.17, 15) is 9.59 Å². The minimum absolute atomic E-state index is 0.0788. The number of carbonyl (C=O) groups excluding carboxylic acids is 2. The zero-order valence-corrected chi connectivity index (χ0v) is 29.3. The predicted octanol–water partition coefficient (Wildman–Crippen LogP) is 9.30. The van der Waals surface area contributed by atoms with Gasteiger partial charge in [0.1, 0.15) is 18.0 Å². The number of carbonyl (C=O) groups is 2. The molecule has 3 aromatic carbocycles. The maximum absolute atomic E-state index is 13.3. The molecule has 6 heteroatoms. The first kappa shape index (κ1) is 35.7. The van der Waals surface area contributed by atoms with Gasteiger partial charge in [-0.05, 0) is 61.2 Å². The number of furan rings is 1. The van der Waals surface area contributed by atoms with Crippen molar-refractivity contribution in [2.45, 2.75) is 84.8 Å². The van der Waals surface area contributed by atoms with Gasteiger partial charge in [0.25, 0.3) is 0 Å². The molecule has 1 aromatic heterocycles. The van der Waals surface area contributed by atoms with Crippen molar-refractivity contribution in [3.8, 4) is 11.8 Å². The van der Waals surface area contributed by atoms with E-state index in [-0.39, 0.29) is 25.2 Å². The van der Waals surface area contributed by atoms with Crippen LogP contribution in [0.3, 0.4) is 0 Å². The van der Waals surface area contributed by atoms with E-state index in [0.717, 1.165) is 59.8 Å². The molecule has 4 aromatic rings. The van der Waals surface area contributed by atoms with Crippen molar-refractivity contribution < 1.29 is 28.2 Å². The van der Waals surface area contributed by atoms with Crippen molar-refractivity contribution in [1.29, 1.82) is 0 Å². The highest BCUT2D eigenvalue weighted by molar-refractivity contribution is 5.91. The monoisotopic (exact) mass is 660 g/mol. The summed E-state index contributed by atoms with van der Waals surface area (Å²) in [6.45, 7) is 8.67. The van der Waals surface area contributed by atoms with Crippen LogP contribution in [0.1, 0.15) is 87.3 Å². The van der Waals surface area contributed by atoms with E-state index < -0.39 is 11.5 Å². The summed E-state index contributed by atoms with van der Waals surface area (Å²) in [6, 6.07) is 25.8. The molecule has 256 valence electrons. The van der Waals surface area contributed by atoms with Crippen molar-refractivity contribution in [2.24, 2.45) is 11.8 Å². The van der Waals surface area contributed by atoms with Crippen LogP contribution in [0.4, 0.5) is 0 Å². The Kier molecular flexibility index (Phi) is 12.5. The molecule has 0 saturated carbocycles. The van der Waals surface area contributed by atoms with Crippen molar-refractivity contribution in [3.05, 3.63) is 119 Å². The highest BCUT2D eigenvalue weighted by atomic mass is 16.6. The van der Waals surface area contributed by atoms with Crippen LogP contribution in [0.5, 0.6) is 0 Å². The number of aryl methyl sites for hydroxylation is 1. The van der Waals surface area contributed by atoms with Gasteiger partial charge >= 0.3 is 11.9 Å². The SMILES string of the molecule is CCCC(C/C=C1\C[C@@](COCc2ccccc2)(COC(=O)[C@H](C)Cc2cc3cc(C#Cc4ccc(C)cc4)ccc3o2)OC1=O)CCC. The number of benzene rings is 3. The molecule has 2 atom stereocenters. The molecule has 0 N–H and O–H groups in total. The van der Waals surface area contributed by atoms with Crippen molar-refractivity contribution in [3.63, 3.8) is 0 Å². The van der Waals surface area contributed by atoms with E-state index in [2.05, 4.69) is 32.6 Å². The summed E-state index contributed by atoms with van der Waals surface area (Å²) in [5.74, 6) is 6.45. The highest BCUT2D eigenvalue weighted by Crippen LogP contribution is 2.34. The quantitative estimate of drug-likeness (QED) is 0.0719. The molecule has 6 nitrogen and oxygen atoms in total. The van der Waals surface area contributed by atoms with Gasteiger partial charge in [-0.15, -0.1) is 0 Å². The molecule has 5 rings (SSSR count). The lowest BCUT2D eigenvalue weighted by atomic mass is 9.92. The second kappa shape index (κ2) is 17.2. The standard InChI is InChI=1S/C43H48O6/c1-5-10-33(11-6-2)20-22-37-27-43(49-42(37)45,29-46-28-36-12-8-7-9-13-36)30-47-41(44)32(4)24-39-26-38-25-35(21-23-40(38)48-39)19-18-34-16-14-31(3)15-17-34/h7-9,12-17,21-23,25-26,32-33H,5-6,10-11,20,24,27-30H2,1-4H3/b37-22+/t32-,43-/m1/s1. The number of esters is 2. The topological polar surface area (TPSA) is 75.0 Å². The Bertz CT molecular complexity index is 1780. The largest absolute Gasteiger partial charge is 0.461 e. The van der Waals surface area contributed by atoms with Gasteiger partial charge in [0.15, 0.2) is 5.60 Å². The zero-order chi connectivity index (χ0) is 34.6. The van der Waals surface area contributed by atoms with Crippen LogP contribution in [-0.2, 0) is 36.8 Å². The molecule has 2 heterocycles. The van der Waals surface area contributed by atoms with Crippen LogP contribution in [0.15, 0.2) is 94.9 Å². The third kappa shape index (κ3) is 10.2. The van der Waals surface area contributed by atoms with Crippen molar-refractivity contribution in [2.75, 3.05) is 13.2 Å². The number of hydrogen-bond acceptors (Lipinski definition) is 6. The number of fused-ring (bicyclic) bond motifs is 1. The molecule has 0 amide bonds. The molecule has 1 aliphatic rings. The average Bonchev–Trinajstić information content (AvgIpc) is 3.65. The second-order valence-corrected chi connectivity index (χ2v) is 13.4. The Morgan fingerprint density at radius 2 is 1.65 bits per heavy atom. The molecule has 1 aliphatic heterocycles. The van der Waals surface area contributed by atoms with E-state index in [1.807, 2.05) is 91.9 Å². The molecule has 1 fully saturated rings. The molecule has 0 spiro atoms. The first-order valence-electron chi connectivity index (χ1n) is 17.6. The normalized spacial score (nSPS) is 17.2. The van der Waals surface area contributed by atoms with E-state index in [4.69, 9.17) is 18.6 Å². The average molecular weight is 661 g/mol. The number of ether oxygens (including phenoxy) is 3. The Labute approximate surface area is 290 Å². The lowest BCUT2D eigenvalue weighted by Crippen LogP contribution is -2.41. The van der Waals surface area contributed by atoms with E-state index in [1.54, 1.807) is 0 Å². The van der Waals surface area contributed by atoms with E-state index in [1.165, 1.54) is 5.56 Å². The third-order valence-corrected chi connectivity index (χ3v) is 9.01. The molecule has 49 heavy (non-hydrogen) atoms. The van der Waals surface area contributed by atoms with E-state index >= 15 is 0 Å². The fourth-order valence-electron chi connectivity index (χ4n) is 6.30. The summed E-state index contributed by atoms with van der Waals surface area (Å²) in [4.78, 5) is 26.4. The van der Waals surface area contributed by atoms with Gasteiger partial charge in [-0.25, -0.2) is 4.79 Å². The minimum atomic E-state index is -1.08.